The molecule has 0 heterocycles. The van der Waals surface area contributed by atoms with Gasteiger partial charge in [0.1, 0.15) is 0 Å². The maximum Gasteiger partial charge on any atom is 0.193 e. The number of carbonyl (C=O) groups excluding carboxylic acids is 2. The minimum Gasteiger partial charge on any atom is -0.289 e. The molecule has 2 nitrogen and oxygen atoms in total. The summed E-state index contributed by atoms with van der Waals surface area (Å²) in [5.41, 5.74) is 14.4. The lowest BCUT2D eigenvalue weighted by Gasteiger charge is -2.24. The average Bonchev–Trinajstić information content (AvgIpc) is 3.34. The Bertz CT molecular complexity index is 1840. The van der Waals surface area contributed by atoms with Crippen molar-refractivity contribution in [1.82, 2.24) is 0 Å². The molecule has 0 amide bonds. The van der Waals surface area contributed by atoms with Crippen LogP contribution in [-0.2, 0) is 10.8 Å². The number of rotatable bonds is 4. The standard InChI is InChI=1S/C40H34O2/c1-23-9-7-11-25(17-23)37(41)27-13-15-29-31-21-36-32(22-35(31)39(3,4)33(29)19-27)30-16-14-28(20-34(30)40(36,5)6)38(42)26-12-8-10-24(2)18-26/h7-22H,1-6H3. The van der Waals surface area contributed by atoms with E-state index in [1.807, 2.05) is 74.5 Å². The SMILES string of the molecule is Cc1cccc(C(=O)c2ccc3c(c2)C(C)(C)c2cc4c(cc2-3)C(C)(C)c2cc(C(=O)c3cccc(C)c3)ccc2-4)c1. The summed E-state index contributed by atoms with van der Waals surface area (Å²) >= 11 is 0. The van der Waals surface area contributed by atoms with Crippen LogP contribution in [0.3, 0.4) is 0 Å². The first-order chi connectivity index (χ1) is 20.0. The van der Waals surface area contributed by atoms with Gasteiger partial charge in [-0.2, -0.15) is 0 Å². The van der Waals surface area contributed by atoms with E-state index in [9.17, 15) is 9.59 Å². The first-order valence-electron chi connectivity index (χ1n) is 14.7. The molecule has 0 spiro atoms. The summed E-state index contributed by atoms with van der Waals surface area (Å²) in [6.07, 6.45) is 0. The van der Waals surface area contributed by atoms with Crippen molar-refractivity contribution in [2.24, 2.45) is 0 Å². The fraction of sp³-hybridized carbons (Fsp3) is 0.200. The van der Waals surface area contributed by atoms with Crippen molar-refractivity contribution in [3.8, 4) is 22.3 Å². The quantitative estimate of drug-likeness (QED) is 0.210. The summed E-state index contributed by atoms with van der Waals surface area (Å²) in [6.45, 7) is 13.1. The number of ketones is 2. The van der Waals surface area contributed by atoms with E-state index >= 15 is 0 Å². The predicted molar refractivity (Wildman–Crippen MR) is 171 cm³/mol. The molecule has 0 unspecified atom stereocenters. The minimum absolute atomic E-state index is 0.0572. The van der Waals surface area contributed by atoms with Gasteiger partial charge >= 0.3 is 0 Å². The molecule has 0 atom stereocenters. The monoisotopic (exact) mass is 546 g/mol. The molecule has 0 saturated carbocycles. The van der Waals surface area contributed by atoms with Gasteiger partial charge in [-0.1, -0.05) is 99.5 Å². The van der Waals surface area contributed by atoms with Gasteiger partial charge in [0.25, 0.3) is 0 Å². The third kappa shape index (κ3) is 3.78. The van der Waals surface area contributed by atoms with Gasteiger partial charge in [0.15, 0.2) is 11.6 Å². The second-order valence-electron chi connectivity index (χ2n) is 13.1. The molecular weight excluding hydrogens is 512 g/mol. The number of benzene rings is 5. The van der Waals surface area contributed by atoms with E-state index in [0.29, 0.717) is 0 Å². The Kier molecular flexibility index (Phi) is 5.63. The maximum atomic E-state index is 13.4. The zero-order valence-electron chi connectivity index (χ0n) is 25.1. The van der Waals surface area contributed by atoms with E-state index in [-0.39, 0.29) is 22.4 Å². The van der Waals surface area contributed by atoms with Gasteiger partial charge in [0, 0.05) is 33.1 Å². The van der Waals surface area contributed by atoms with Gasteiger partial charge in [0.2, 0.25) is 0 Å². The molecule has 0 N–H and O–H groups in total. The molecule has 42 heavy (non-hydrogen) atoms. The lowest BCUT2D eigenvalue weighted by Crippen LogP contribution is -2.17. The highest BCUT2D eigenvalue weighted by Gasteiger charge is 2.42. The highest BCUT2D eigenvalue weighted by Crippen LogP contribution is 2.56. The molecule has 0 fully saturated rings. The summed E-state index contributed by atoms with van der Waals surface area (Å²) in [5, 5.41) is 0. The van der Waals surface area contributed by atoms with E-state index < -0.39 is 0 Å². The van der Waals surface area contributed by atoms with Crippen molar-refractivity contribution < 1.29 is 9.59 Å². The second-order valence-corrected chi connectivity index (χ2v) is 13.1. The van der Waals surface area contributed by atoms with Crippen LogP contribution in [-0.4, -0.2) is 11.6 Å². The van der Waals surface area contributed by atoms with Gasteiger partial charge in [-0.05, 0) is 94.8 Å². The van der Waals surface area contributed by atoms with Crippen LogP contribution in [0.5, 0.6) is 0 Å². The summed E-state index contributed by atoms with van der Waals surface area (Å²) < 4.78 is 0. The molecule has 2 aliphatic carbocycles. The average molecular weight is 547 g/mol. The molecule has 0 bridgehead atoms. The molecule has 7 rings (SSSR count). The largest absolute Gasteiger partial charge is 0.289 e. The van der Waals surface area contributed by atoms with Crippen molar-refractivity contribution in [3.05, 3.63) is 153 Å². The maximum absolute atomic E-state index is 13.4. The fourth-order valence-corrected chi connectivity index (χ4v) is 7.15. The third-order valence-electron chi connectivity index (χ3n) is 9.56. The summed E-state index contributed by atoms with van der Waals surface area (Å²) in [5.74, 6) is 0.114. The zero-order valence-corrected chi connectivity index (χ0v) is 25.1. The van der Waals surface area contributed by atoms with E-state index in [4.69, 9.17) is 0 Å². The van der Waals surface area contributed by atoms with Gasteiger partial charge in [-0.15, -0.1) is 0 Å². The molecule has 0 radical (unpaired) electrons. The van der Waals surface area contributed by atoms with Gasteiger partial charge in [-0.3, -0.25) is 9.59 Å². The number of hydrogen-bond acceptors (Lipinski definition) is 2. The van der Waals surface area contributed by atoms with Crippen molar-refractivity contribution in [3.63, 3.8) is 0 Å². The Hall–Kier alpha value is -4.56. The van der Waals surface area contributed by atoms with E-state index in [1.54, 1.807) is 0 Å². The Morgan fingerprint density at radius 2 is 0.786 bits per heavy atom. The normalized spacial score (nSPS) is 15.0. The summed E-state index contributed by atoms with van der Waals surface area (Å²) in [7, 11) is 0. The Morgan fingerprint density at radius 3 is 1.17 bits per heavy atom. The number of fused-ring (bicyclic) bond motifs is 6. The van der Waals surface area contributed by atoms with Crippen LogP contribution in [0.2, 0.25) is 0 Å². The molecule has 5 aromatic rings. The van der Waals surface area contributed by atoms with Crippen LogP contribution in [0.15, 0.2) is 97.1 Å². The molecule has 0 aromatic heterocycles. The van der Waals surface area contributed by atoms with Gasteiger partial charge in [-0.25, -0.2) is 0 Å². The van der Waals surface area contributed by atoms with E-state index in [1.165, 1.54) is 44.5 Å². The third-order valence-corrected chi connectivity index (χ3v) is 9.56. The number of aryl methyl sites for hydroxylation is 2. The lowest BCUT2D eigenvalue weighted by atomic mass is 9.79. The van der Waals surface area contributed by atoms with Crippen LogP contribution in [0, 0.1) is 13.8 Å². The van der Waals surface area contributed by atoms with Crippen LogP contribution >= 0.6 is 0 Å². The molecule has 2 heteroatoms. The second kappa shape index (κ2) is 8.97. The molecule has 0 aliphatic heterocycles. The van der Waals surface area contributed by atoms with Gasteiger partial charge < -0.3 is 0 Å². The molecule has 0 saturated heterocycles. The molecule has 206 valence electrons. The van der Waals surface area contributed by atoms with Crippen molar-refractivity contribution >= 4 is 11.6 Å². The number of hydrogen-bond donors (Lipinski definition) is 0. The predicted octanol–water partition coefficient (Wildman–Crippen LogP) is 9.38. The van der Waals surface area contributed by atoms with Crippen LogP contribution in [0.25, 0.3) is 22.3 Å². The van der Waals surface area contributed by atoms with Crippen LogP contribution in [0.4, 0.5) is 0 Å². The topological polar surface area (TPSA) is 34.1 Å². The first kappa shape index (κ1) is 26.3. The number of carbonyl (C=O) groups is 2. The summed E-state index contributed by atoms with van der Waals surface area (Å²) in [4.78, 5) is 26.9. The van der Waals surface area contributed by atoms with Gasteiger partial charge in [0.05, 0.1) is 0 Å². The Balaban J connectivity index is 1.31. The fourth-order valence-electron chi connectivity index (χ4n) is 7.15. The van der Waals surface area contributed by atoms with Crippen molar-refractivity contribution in [1.29, 1.82) is 0 Å². The summed E-state index contributed by atoms with van der Waals surface area (Å²) in [6, 6.07) is 32.8. The lowest BCUT2D eigenvalue weighted by molar-refractivity contribution is 0.103. The van der Waals surface area contributed by atoms with Crippen molar-refractivity contribution in [2.75, 3.05) is 0 Å². The Morgan fingerprint density at radius 1 is 0.429 bits per heavy atom. The Labute approximate surface area is 248 Å². The van der Waals surface area contributed by atoms with E-state index in [2.05, 4.69) is 64.1 Å². The smallest absolute Gasteiger partial charge is 0.193 e. The first-order valence-corrected chi connectivity index (χ1v) is 14.7. The van der Waals surface area contributed by atoms with Crippen LogP contribution in [0.1, 0.15) is 92.9 Å². The van der Waals surface area contributed by atoms with Crippen molar-refractivity contribution in [2.45, 2.75) is 52.4 Å². The molecule has 2 aliphatic rings. The minimum atomic E-state index is -0.253. The van der Waals surface area contributed by atoms with E-state index in [0.717, 1.165) is 33.4 Å². The van der Waals surface area contributed by atoms with Crippen LogP contribution < -0.4 is 0 Å². The molecular formula is C40H34O2. The zero-order chi connectivity index (χ0) is 29.6. The highest BCUT2D eigenvalue weighted by atomic mass is 16.1. The highest BCUT2D eigenvalue weighted by molar-refractivity contribution is 6.10. The molecule has 5 aromatic carbocycles.